The summed E-state index contributed by atoms with van der Waals surface area (Å²) in [7, 11) is 0. The van der Waals surface area contributed by atoms with Crippen molar-refractivity contribution in [3.8, 4) is 0 Å². The fourth-order valence-electron chi connectivity index (χ4n) is 2.22. The Morgan fingerprint density at radius 1 is 1.21 bits per heavy atom. The highest BCUT2D eigenvalue weighted by atomic mass is 19.1. The number of nitrogens with zero attached hydrogens (tertiary/aromatic N) is 2. The quantitative estimate of drug-likeness (QED) is 0.579. The molecule has 0 aliphatic rings. The predicted octanol–water partition coefficient (Wildman–Crippen LogP) is 2.88. The van der Waals surface area contributed by atoms with E-state index in [4.69, 9.17) is 4.74 Å². The molecule has 0 radical (unpaired) electrons. The molecule has 0 saturated heterocycles. The number of aromatic nitrogens is 1. The van der Waals surface area contributed by atoms with Crippen LogP contribution < -0.4 is 16.2 Å². The zero-order valence-corrected chi connectivity index (χ0v) is 15.9. The van der Waals surface area contributed by atoms with Gasteiger partial charge in [0, 0.05) is 17.8 Å². The second-order valence-corrected chi connectivity index (χ2v) is 6.98. The van der Waals surface area contributed by atoms with E-state index < -0.39 is 40.4 Å². The molecule has 2 N–H and O–H groups in total. The Hall–Kier alpha value is -3.76. The van der Waals surface area contributed by atoms with Crippen LogP contribution in [0.25, 0.3) is 0 Å². The van der Waals surface area contributed by atoms with Crippen molar-refractivity contribution in [1.82, 2.24) is 4.57 Å². The molecular weight excluding hydrogens is 387 g/mol. The first-order valence-corrected chi connectivity index (χ1v) is 8.39. The van der Waals surface area contributed by atoms with Gasteiger partial charge in [0.15, 0.2) is 0 Å². The van der Waals surface area contributed by atoms with Crippen LogP contribution >= 0.6 is 0 Å². The van der Waals surface area contributed by atoms with Crippen molar-refractivity contribution in [2.24, 2.45) is 0 Å². The van der Waals surface area contributed by atoms with E-state index in [0.29, 0.717) is 0 Å². The third-order valence-corrected chi connectivity index (χ3v) is 3.38. The normalized spacial score (nSPS) is 10.9. The molecule has 11 heteroatoms. The second kappa shape index (κ2) is 8.50. The van der Waals surface area contributed by atoms with Gasteiger partial charge in [0.2, 0.25) is 5.91 Å². The summed E-state index contributed by atoms with van der Waals surface area (Å²) in [6.45, 7) is 4.45. The molecule has 0 unspecified atom stereocenters. The van der Waals surface area contributed by atoms with Crippen molar-refractivity contribution >= 4 is 29.1 Å². The summed E-state index contributed by atoms with van der Waals surface area (Å²) < 4.78 is 19.8. The molecule has 0 spiro atoms. The molecule has 0 aliphatic carbocycles. The lowest BCUT2D eigenvalue weighted by molar-refractivity contribution is -0.385. The monoisotopic (exact) mass is 406 g/mol. The molecular formula is C18H19FN4O6. The van der Waals surface area contributed by atoms with Crippen molar-refractivity contribution in [1.29, 1.82) is 0 Å². The van der Waals surface area contributed by atoms with E-state index in [1.807, 2.05) is 0 Å². The zero-order chi connectivity index (χ0) is 21.8. The standard InChI is InChI=1S/C18H19FN4O6/c1-18(2,3)29-17(26)21-14-8-11(4-6-13(14)19)20-15(24)10-22-9-12(23(27)28)5-7-16(22)25/h4-9H,10H2,1-3H3,(H,20,24)(H,21,26). The zero-order valence-electron chi connectivity index (χ0n) is 15.9. The number of pyridine rings is 1. The number of amides is 2. The summed E-state index contributed by atoms with van der Waals surface area (Å²) in [4.78, 5) is 45.8. The molecule has 10 nitrogen and oxygen atoms in total. The van der Waals surface area contributed by atoms with Crippen molar-refractivity contribution in [2.45, 2.75) is 32.9 Å². The van der Waals surface area contributed by atoms with Crippen LogP contribution in [0.5, 0.6) is 0 Å². The summed E-state index contributed by atoms with van der Waals surface area (Å²) >= 11 is 0. The van der Waals surface area contributed by atoms with E-state index in [-0.39, 0.29) is 17.1 Å². The lowest BCUT2D eigenvalue weighted by atomic mass is 10.2. The van der Waals surface area contributed by atoms with Crippen LogP contribution in [0, 0.1) is 15.9 Å². The fraction of sp³-hybridized carbons (Fsp3) is 0.278. The highest BCUT2D eigenvalue weighted by Gasteiger charge is 2.18. The van der Waals surface area contributed by atoms with Gasteiger partial charge < -0.3 is 10.1 Å². The maximum atomic E-state index is 13.9. The smallest absolute Gasteiger partial charge is 0.412 e. The molecule has 1 aromatic carbocycles. The molecule has 2 aromatic rings. The summed E-state index contributed by atoms with van der Waals surface area (Å²) in [6.07, 6.45) is 0.0743. The van der Waals surface area contributed by atoms with E-state index in [1.54, 1.807) is 20.8 Å². The summed E-state index contributed by atoms with van der Waals surface area (Å²) in [5.41, 5.74) is -1.80. The van der Waals surface area contributed by atoms with Gasteiger partial charge in [0.1, 0.15) is 18.0 Å². The van der Waals surface area contributed by atoms with Crippen LogP contribution in [0.15, 0.2) is 41.3 Å². The van der Waals surface area contributed by atoms with Gasteiger partial charge in [0.05, 0.1) is 16.8 Å². The Balaban J connectivity index is 2.11. The third kappa shape index (κ3) is 6.41. The molecule has 0 aliphatic heterocycles. The number of carbonyl (C=O) groups is 2. The highest BCUT2D eigenvalue weighted by molar-refractivity contribution is 5.92. The van der Waals surface area contributed by atoms with Gasteiger partial charge in [-0.25, -0.2) is 9.18 Å². The molecule has 154 valence electrons. The van der Waals surface area contributed by atoms with E-state index in [2.05, 4.69) is 10.6 Å². The number of hydrogen-bond donors (Lipinski definition) is 2. The first-order valence-electron chi connectivity index (χ1n) is 8.39. The first kappa shape index (κ1) is 21.5. The Morgan fingerprint density at radius 2 is 1.90 bits per heavy atom. The lowest BCUT2D eigenvalue weighted by Crippen LogP contribution is -2.28. The van der Waals surface area contributed by atoms with Gasteiger partial charge in [-0.15, -0.1) is 0 Å². The second-order valence-electron chi connectivity index (χ2n) is 6.98. The fourth-order valence-corrected chi connectivity index (χ4v) is 2.22. The summed E-state index contributed by atoms with van der Waals surface area (Å²) in [5, 5.41) is 15.5. The maximum absolute atomic E-state index is 13.9. The number of ether oxygens (including phenoxy) is 1. The number of benzene rings is 1. The number of hydrogen-bond acceptors (Lipinski definition) is 6. The van der Waals surface area contributed by atoms with Gasteiger partial charge in [-0.3, -0.25) is 29.6 Å². The van der Waals surface area contributed by atoms with Crippen LogP contribution in [0.3, 0.4) is 0 Å². The highest BCUT2D eigenvalue weighted by Crippen LogP contribution is 2.21. The average Bonchev–Trinajstić information content (AvgIpc) is 2.58. The minimum absolute atomic E-state index is 0.140. The van der Waals surface area contributed by atoms with Gasteiger partial charge in [-0.1, -0.05) is 0 Å². The first-order chi connectivity index (χ1) is 13.4. The van der Waals surface area contributed by atoms with Gasteiger partial charge in [0.25, 0.3) is 11.2 Å². The van der Waals surface area contributed by atoms with E-state index in [1.165, 1.54) is 12.1 Å². The van der Waals surface area contributed by atoms with Gasteiger partial charge >= 0.3 is 6.09 Å². The number of halogens is 1. The number of rotatable bonds is 5. The number of nitro groups is 1. The molecule has 29 heavy (non-hydrogen) atoms. The molecule has 2 amide bonds. The summed E-state index contributed by atoms with van der Waals surface area (Å²) in [5.74, 6) is -1.42. The predicted molar refractivity (Wildman–Crippen MR) is 102 cm³/mol. The minimum Gasteiger partial charge on any atom is -0.444 e. The number of carbonyl (C=O) groups excluding carboxylic acids is 2. The summed E-state index contributed by atoms with van der Waals surface area (Å²) in [6, 6.07) is 5.47. The maximum Gasteiger partial charge on any atom is 0.412 e. The van der Waals surface area contributed by atoms with Crippen LogP contribution in [0.1, 0.15) is 20.8 Å². The van der Waals surface area contributed by atoms with E-state index >= 15 is 0 Å². The van der Waals surface area contributed by atoms with Crippen molar-refractivity contribution in [3.05, 3.63) is 62.8 Å². The molecule has 0 saturated carbocycles. The Kier molecular flexibility index (Phi) is 6.32. The topological polar surface area (TPSA) is 133 Å². The van der Waals surface area contributed by atoms with Crippen molar-refractivity contribution in [3.63, 3.8) is 0 Å². The molecule has 1 heterocycles. The van der Waals surface area contributed by atoms with E-state index in [0.717, 1.165) is 29.0 Å². The van der Waals surface area contributed by atoms with Gasteiger partial charge in [-0.2, -0.15) is 0 Å². The Labute approximate surface area is 164 Å². The number of anilines is 2. The average molecular weight is 406 g/mol. The van der Waals surface area contributed by atoms with Crippen LogP contribution in [0.2, 0.25) is 0 Å². The molecule has 0 bridgehead atoms. The molecule has 0 fully saturated rings. The minimum atomic E-state index is -0.872. The lowest BCUT2D eigenvalue weighted by Gasteiger charge is -2.20. The van der Waals surface area contributed by atoms with Crippen molar-refractivity contribution in [2.75, 3.05) is 10.6 Å². The van der Waals surface area contributed by atoms with Crippen molar-refractivity contribution < 1.29 is 23.6 Å². The molecule has 1 aromatic heterocycles. The van der Waals surface area contributed by atoms with Crippen LogP contribution in [-0.2, 0) is 16.1 Å². The third-order valence-electron chi connectivity index (χ3n) is 3.38. The Morgan fingerprint density at radius 3 is 2.52 bits per heavy atom. The molecule has 2 rings (SSSR count). The molecule has 0 atom stereocenters. The largest absolute Gasteiger partial charge is 0.444 e. The Bertz CT molecular complexity index is 1010. The number of nitrogens with one attached hydrogen (secondary N) is 2. The van der Waals surface area contributed by atoms with Gasteiger partial charge in [-0.05, 0) is 39.0 Å². The van der Waals surface area contributed by atoms with Crippen LogP contribution in [-0.4, -0.2) is 27.1 Å². The van der Waals surface area contributed by atoms with Crippen LogP contribution in [0.4, 0.5) is 26.2 Å². The SMILES string of the molecule is CC(C)(C)OC(=O)Nc1cc(NC(=O)Cn2cc([N+](=O)[O-])ccc2=O)ccc1F. The van der Waals surface area contributed by atoms with E-state index in [9.17, 15) is 28.9 Å².